The molecule has 0 atom stereocenters. The molecule has 7 nitrogen and oxygen atoms in total. The molecule has 0 aliphatic heterocycles. The number of rotatable bonds is 6. The van der Waals surface area contributed by atoms with E-state index in [-0.39, 0.29) is 23.4 Å². The van der Waals surface area contributed by atoms with E-state index >= 15 is 0 Å². The second-order valence-corrected chi connectivity index (χ2v) is 4.38. The molecule has 1 aromatic heterocycles. The van der Waals surface area contributed by atoms with Crippen molar-refractivity contribution in [1.29, 1.82) is 0 Å². The third-order valence-electron chi connectivity index (χ3n) is 2.81. The van der Waals surface area contributed by atoms with E-state index in [1.807, 2.05) is 0 Å². The molecule has 3 N–H and O–H groups in total. The van der Waals surface area contributed by atoms with Crippen LogP contribution < -0.4 is 16.0 Å². The summed E-state index contributed by atoms with van der Waals surface area (Å²) in [6.45, 7) is 0.815. The van der Waals surface area contributed by atoms with Crippen molar-refractivity contribution in [3.63, 3.8) is 0 Å². The van der Waals surface area contributed by atoms with E-state index in [4.69, 9.17) is 0 Å². The minimum atomic E-state index is -0.296. The van der Waals surface area contributed by atoms with Gasteiger partial charge >= 0.3 is 0 Å². The highest BCUT2D eigenvalue weighted by Crippen LogP contribution is 2.28. The summed E-state index contributed by atoms with van der Waals surface area (Å²) in [5, 5.41) is 15.9. The van der Waals surface area contributed by atoms with Crippen molar-refractivity contribution in [2.45, 2.75) is 12.8 Å². The third kappa shape index (κ3) is 3.90. The van der Waals surface area contributed by atoms with E-state index < -0.39 is 0 Å². The quantitative estimate of drug-likeness (QED) is 0.616. The van der Waals surface area contributed by atoms with Gasteiger partial charge in [-0.15, -0.1) is 10.2 Å². The SMILES string of the molecule is CNc1ccc(C(=O)NCCNC(=O)C2CC2)nn1. The number of carbonyl (C=O) groups excluding carboxylic acids is 2. The summed E-state index contributed by atoms with van der Waals surface area (Å²) < 4.78 is 0. The summed E-state index contributed by atoms with van der Waals surface area (Å²) in [6.07, 6.45) is 1.96. The molecule has 102 valence electrons. The van der Waals surface area contributed by atoms with Gasteiger partial charge in [-0.2, -0.15) is 0 Å². The summed E-state index contributed by atoms with van der Waals surface area (Å²) in [5.41, 5.74) is 0.257. The first-order chi connectivity index (χ1) is 9.20. The monoisotopic (exact) mass is 263 g/mol. The molecule has 0 saturated heterocycles. The van der Waals surface area contributed by atoms with Crippen LogP contribution in [0.1, 0.15) is 23.3 Å². The minimum absolute atomic E-state index is 0.0763. The van der Waals surface area contributed by atoms with E-state index in [0.29, 0.717) is 18.9 Å². The van der Waals surface area contributed by atoms with Crippen LogP contribution in [-0.2, 0) is 4.79 Å². The average molecular weight is 263 g/mol. The number of nitrogens with zero attached hydrogens (tertiary/aromatic N) is 2. The van der Waals surface area contributed by atoms with Gasteiger partial charge in [0.1, 0.15) is 5.82 Å². The van der Waals surface area contributed by atoms with E-state index in [2.05, 4.69) is 26.1 Å². The number of hydrogen-bond acceptors (Lipinski definition) is 5. The van der Waals surface area contributed by atoms with E-state index in [1.54, 1.807) is 19.2 Å². The summed E-state index contributed by atoms with van der Waals surface area (Å²) in [4.78, 5) is 23.0. The Balaban J connectivity index is 1.69. The van der Waals surface area contributed by atoms with Gasteiger partial charge in [0.25, 0.3) is 5.91 Å². The van der Waals surface area contributed by atoms with Gasteiger partial charge in [0.15, 0.2) is 5.69 Å². The van der Waals surface area contributed by atoms with Crippen molar-refractivity contribution < 1.29 is 9.59 Å². The van der Waals surface area contributed by atoms with Crippen LogP contribution in [0, 0.1) is 5.92 Å². The predicted octanol–water partition coefficient (Wildman–Crippen LogP) is -0.226. The molecule has 0 bridgehead atoms. The molecule has 1 heterocycles. The number of aromatic nitrogens is 2. The van der Waals surface area contributed by atoms with Crippen LogP contribution in [0.3, 0.4) is 0 Å². The largest absolute Gasteiger partial charge is 0.372 e. The zero-order valence-corrected chi connectivity index (χ0v) is 10.8. The fraction of sp³-hybridized carbons (Fsp3) is 0.500. The van der Waals surface area contributed by atoms with Crippen LogP contribution in [0.15, 0.2) is 12.1 Å². The lowest BCUT2D eigenvalue weighted by Crippen LogP contribution is -2.35. The highest BCUT2D eigenvalue weighted by molar-refractivity contribution is 5.92. The zero-order chi connectivity index (χ0) is 13.7. The molecule has 0 aromatic carbocycles. The average Bonchev–Trinajstić information content (AvgIpc) is 3.27. The van der Waals surface area contributed by atoms with Crippen molar-refractivity contribution in [2.24, 2.45) is 5.92 Å². The molecule has 2 rings (SSSR count). The first-order valence-corrected chi connectivity index (χ1v) is 6.28. The maximum atomic E-state index is 11.7. The Kier molecular flexibility index (Phi) is 4.27. The predicted molar refractivity (Wildman–Crippen MR) is 69.6 cm³/mol. The van der Waals surface area contributed by atoms with Gasteiger partial charge in [0, 0.05) is 26.1 Å². The van der Waals surface area contributed by atoms with Crippen LogP contribution in [0.5, 0.6) is 0 Å². The molecule has 19 heavy (non-hydrogen) atoms. The number of anilines is 1. The summed E-state index contributed by atoms with van der Waals surface area (Å²) in [7, 11) is 1.73. The first-order valence-electron chi connectivity index (χ1n) is 6.28. The van der Waals surface area contributed by atoms with Crippen LogP contribution in [0.25, 0.3) is 0 Å². The number of carbonyl (C=O) groups is 2. The Hall–Kier alpha value is -2.18. The molecule has 1 aliphatic carbocycles. The Labute approximate surface area is 111 Å². The van der Waals surface area contributed by atoms with E-state index in [9.17, 15) is 9.59 Å². The molecule has 7 heteroatoms. The maximum Gasteiger partial charge on any atom is 0.271 e. The minimum Gasteiger partial charge on any atom is -0.372 e. The van der Waals surface area contributed by atoms with Crippen molar-refractivity contribution in [2.75, 3.05) is 25.5 Å². The molecule has 0 unspecified atom stereocenters. The van der Waals surface area contributed by atoms with Crippen molar-refractivity contribution in [3.05, 3.63) is 17.8 Å². The van der Waals surface area contributed by atoms with Gasteiger partial charge in [-0.05, 0) is 25.0 Å². The maximum absolute atomic E-state index is 11.7. The fourth-order valence-corrected chi connectivity index (χ4v) is 1.53. The summed E-state index contributed by atoms with van der Waals surface area (Å²) in [6, 6.07) is 3.27. The van der Waals surface area contributed by atoms with Gasteiger partial charge in [0.2, 0.25) is 5.91 Å². The van der Waals surface area contributed by atoms with Gasteiger partial charge in [-0.3, -0.25) is 9.59 Å². The molecule has 0 radical (unpaired) electrons. The second-order valence-electron chi connectivity index (χ2n) is 4.38. The van der Waals surface area contributed by atoms with Crippen molar-refractivity contribution in [1.82, 2.24) is 20.8 Å². The lowest BCUT2D eigenvalue weighted by Gasteiger charge is -2.06. The first kappa shape index (κ1) is 13.3. The highest BCUT2D eigenvalue weighted by Gasteiger charge is 2.28. The number of nitrogens with one attached hydrogen (secondary N) is 3. The smallest absolute Gasteiger partial charge is 0.271 e. The lowest BCUT2D eigenvalue weighted by molar-refractivity contribution is -0.122. The number of amides is 2. The Morgan fingerprint density at radius 3 is 2.53 bits per heavy atom. The molecule has 1 aromatic rings. The van der Waals surface area contributed by atoms with E-state index in [0.717, 1.165) is 12.8 Å². The highest BCUT2D eigenvalue weighted by atomic mass is 16.2. The Morgan fingerprint density at radius 1 is 1.21 bits per heavy atom. The molecule has 1 aliphatic rings. The van der Waals surface area contributed by atoms with E-state index in [1.165, 1.54) is 0 Å². The fourth-order valence-electron chi connectivity index (χ4n) is 1.53. The van der Waals surface area contributed by atoms with Crippen LogP contribution in [-0.4, -0.2) is 42.1 Å². The second kappa shape index (κ2) is 6.12. The Bertz CT molecular complexity index is 456. The van der Waals surface area contributed by atoms with Gasteiger partial charge in [-0.1, -0.05) is 0 Å². The Morgan fingerprint density at radius 2 is 1.95 bits per heavy atom. The normalized spacial score (nSPS) is 13.7. The number of hydrogen-bond donors (Lipinski definition) is 3. The van der Waals surface area contributed by atoms with Gasteiger partial charge in [0.05, 0.1) is 0 Å². The van der Waals surface area contributed by atoms with Crippen LogP contribution in [0.2, 0.25) is 0 Å². The summed E-state index contributed by atoms with van der Waals surface area (Å²) in [5.74, 6) is 0.576. The van der Waals surface area contributed by atoms with Crippen molar-refractivity contribution >= 4 is 17.6 Å². The third-order valence-corrected chi connectivity index (χ3v) is 2.81. The molecule has 1 saturated carbocycles. The molecular weight excluding hydrogens is 246 g/mol. The van der Waals surface area contributed by atoms with Crippen LogP contribution >= 0.6 is 0 Å². The molecule has 1 fully saturated rings. The van der Waals surface area contributed by atoms with Crippen LogP contribution in [0.4, 0.5) is 5.82 Å². The molecular formula is C12H17N5O2. The zero-order valence-electron chi connectivity index (χ0n) is 10.8. The standard InChI is InChI=1S/C12H17N5O2/c1-13-10-5-4-9(16-17-10)12(19)15-7-6-14-11(18)8-2-3-8/h4-5,8H,2-3,6-7H2,1H3,(H,13,17)(H,14,18)(H,15,19). The van der Waals surface area contributed by atoms with Crippen molar-refractivity contribution in [3.8, 4) is 0 Å². The summed E-state index contributed by atoms with van der Waals surface area (Å²) >= 11 is 0. The lowest BCUT2D eigenvalue weighted by atomic mass is 10.3. The molecule has 0 spiro atoms. The van der Waals surface area contributed by atoms with Gasteiger partial charge in [-0.25, -0.2) is 0 Å². The molecule has 2 amide bonds. The topological polar surface area (TPSA) is 96.0 Å². The van der Waals surface area contributed by atoms with Gasteiger partial charge < -0.3 is 16.0 Å².